The minimum atomic E-state index is -0.865. The number of piperidine rings is 2. The fourth-order valence-electron chi connectivity index (χ4n) is 3.73. The summed E-state index contributed by atoms with van der Waals surface area (Å²) < 4.78 is 26.8. The highest BCUT2D eigenvalue weighted by atomic mass is 32.1. The molecule has 4 nitrogen and oxygen atoms in total. The van der Waals surface area contributed by atoms with Gasteiger partial charge < -0.3 is 10.2 Å². The molecular formula is C19H27F2N3OS. The smallest absolute Gasteiger partial charge is 0.237 e. The first-order valence-electron chi connectivity index (χ1n) is 9.37. The topological polar surface area (TPSA) is 35.6 Å². The van der Waals surface area contributed by atoms with E-state index in [2.05, 4.69) is 22.8 Å². The second-order valence-electron chi connectivity index (χ2n) is 7.26. The van der Waals surface area contributed by atoms with Gasteiger partial charge in [0.1, 0.15) is 0 Å². The summed E-state index contributed by atoms with van der Waals surface area (Å²) >= 11 is 4.51. The lowest BCUT2D eigenvalue weighted by Gasteiger charge is -2.37. The number of amides is 1. The van der Waals surface area contributed by atoms with E-state index in [4.69, 9.17) is 0 Å². The van der Waals surface area contributed by atoms with Crippen LogP contribution in [0.15, 0.2) is 18.2 Å². The van der Waals surface area contributed by atoms with Crippen molar-refractivity contribution in [1.29, 1.82) is 0 Å². The summed E-state index contributed by atoms with van der Waals surface area (Å²) in [6, 6.07) is 4.03. The fourth-order valence-corrected chi connectivity index (χ4v) is 3.96. The molecule has 1 aromatic rings. The summed E-state index contributed by atoms with van der Waals surface area (Å²) in [6.07, 6.45) is 3.75. The summed E-state index contributed by atoms with van der Waals surface area (Å²) in [6.45, 7) is 4.21. The van der Waals surface area contributed by atoms with Gasteiger partial charge in [0, 0.05) is 17.8 Å². The van der Waals surface area contributed by atoms with Crippen molar-refractivity contribution < 1.29 is 13.6 Å². The Morgan fingerprint density at radius 1 is 1.15 bits per heavy atom. The van der Waals surface area contributed by atoms with Crippen molar-refractivity contribution in [2.75, 3.05) is 32.7 Å². The SMILES string of the molecule is O=C(CN1CCC(S)CC1)N(Cc1ccc(F)c(F)c1)C1CCNCC1. The summed E-state index contributed by atoms with van der Waals surface area (Å²) in [5.74, 6) is -1.65. The lowest BCUT2D eigenvalue weighted by atomic mass is 10.0. The highest BCUT2D eigenvalue weighted by Crippen LogP contribution is 2.20. The molecule has 0 aliphatic carbocycles. The number of hydrogen-bond donors (Lipinski definition) is 2. The molecule has 1 N–H and O–H groups in total. The van der Waals surface area contributed by atoms with Gasteiger partial charge in [-0.05, 0) is 69.6 Å². The normalized spacial score (nSPS) is 20.3. The third kappa shape index (κ3) is 5.18. The molecule has 2 heterocycles. The van der Waals surface area contributed by atoms with Crippen LogP contribution in [0.2, 0.25) is 0 Å². The molecule has 0 saturated carbocycles. The second kappa shape index (κ2) is 9.15. The number of likely N-dealkylation sites (tertiary alicyclic amines) is 1. The minimum absolute atomic E-state index is 0.0687. The standard InChI is InChI=1S/C19H27F2N3OS/c20-17-2-1-14(11-18(17)21)12-24(15-3-7-22-8-4-15)19(25)13-23-9-5-16(26)6-10-23/h1-2,11,15-16,22,26H,3-10,12-13H2. The van der Waals surface area contributed by atoms with Crippen LogP contribution in [0.1, 0.15) is 31.2 Å². The highest BCUT2D eigenvalue weighted by Gasteiger charge is 2.28. The van der Waals surface area contributed by atoms with Crippen LogP contribution in [0.5, 0.6) is 0 Å². The van der Waals surface area contributed by atoms with Gasteiger partial charge >= 0.3 is 0 Å². The third-order valence-electron chi connectivity index (χ3n) is 5.32. The molecule has 2 aliphatic rings. The number of hydrogen-bond acceptors (Lipinski definition) is 4. The predicted molar refractivity (Wildman–Crippen MR) is 101 cm³/mol. The minimum Gasteiger partial charge on any atom is -0.334 e. The molecular weight excluding hydrogens is 356 g/mol. The monoisotopic (exact) mass is 383 g/mol. The number of nitrogens with zero attached hydrogens (tertiary/aromatic N) is 2. The molecule has 7 heteroatoms. The number of halogens is 2. The third-order valence-corrected chi connectivity index (χ3v) is 5.84. The van der Waals surface area contributed by atoms with E-state index in [1.165, 1.54) is 6.07 Å². The lowest BCUT2D eigenvalue weighted by Crippen LogP contribution is -2.50. The van der Waals surface area contributed by atoms with Gasteiger partial charge in [0.25, 0.3) is 0 Å². The van der Waals surface area contributed by atoms with Crippen LogP contribution in [-0.4, -0.2) is 59.7 Å². The Labute approximate surface area is 159 Å². The van der Waals surface area contributed by atoms with Gasteiger partial charge in [0.2, 0.25) is 5.91 Å². The zero-order chi connectivity index (χ0) is 18.5. The van der Waals surface area contributed by atoms with Crippen molar-refractivity contribution in [2.45, 2.75) is 43.5 Å². The molecule has 1 aromatic carbocycles. The number of benzene rings is 1. The molecule has 3 rings (SSSR count). The molecule has 0 radical (unpaired) electrons. The largest absolute Gasteiger partial charge is 0.334 e. The molecule has 0 bridgehead atoms. The van der Waals surface area contributed by atoms with E-state index in [0.29, 0.717) is 23.9 Å². The van der Waals surface area contributed by atoms with Crippen LogP contribution in [0.3, 0.4) is 0 Å². The second-order valence-corrected chi connectivity index (χ2v) is 7.99. The molecule has 26 heavy (non-hydrogen) atoms. The molecule has 2 saturated heterocycles. The molecule has 0 unspecified atom stereocenters. The van der Waals surface area contributed by atoms with E-state index in [1.54, 1.807) is 6.07 Å². The fraction of sp³-hybridized carbons (Fsp3) is 0.632. The van der Waals surface area contributed by atoms with Gasteiger partial charge in [-0.3, -0.25) is 9.69 Å². The average molecular weight is 384 g/mol. The summed E-state index contributed by atoms with van der Waals surface area (Å²) in [5.41, 5.74) is 0.629. The molecule has 0 atom stereocenters. The quantitative estimate of drug-likeness (QED) is 0.767. The first-order valence-corrected chi connectivity index (χ1v) is 9.89. The first-order chi connectivity index (χ1) is 12.5. The zero-order valence-electron chi connectivity index (χ0n) is 15.0. The van der Waals surface area contributed by atoms with Crippen molar-refractivity contribution in [2.24, 2.45) is 0 Å². The van der Waals surface area contributed by atoms with E-state index < -0.39 is 11.6 Å². The molecule has 144 valence electrons. The van der Waals surface area contributed by atoms with Gasteiger partial charge in [-0.2, -0.15) is 12.6 Å². The van der Waals surface area contributed by atoms with Crippen molar-refractivity contribution >= 4 is 18.5 Å². The molecule has 2 fully saturated rings. The van der Waals surface area contributed by atoms with Gasteiger partial charge in [0.05, 0.1) is 6.54 Å². The Kier molecular flexibility index (Phi) is 6.89. The zero-order valence-corrected chi connectivity index (χ0v) is 15.9. The Morgan fingerprint density at radius 2 is 1.85 bits per heavy atom. The van der Waals surface area contributed by atoms with Crippen LogP contribution in [0.4, 0.5) is 8.78 Å². The maximum Gasteiger partial charge on any atom is 0.237 e. The van der Waals surface area contributed by atoms with Crippen LogP contribution >= 0.6 is 12.6 Å². The van der Waals surface area contributed by atoms with E-state index in [1.807, 2.05) is 4.90 Å². The van der Waals surface area contributed by atoms with E-state index in [9.17, 15) is 13.6 Å². The van der Waals surface area contributed by atoms with Gasteiger partial charge in [-0.15, -0.1) is 0 Å². The number of rotatable bonds is 5. The van der Waals surface area contributed by atoms with Crippen LogP contribution in [-0.2, 0) is 11.3 Å². The summed E-state index contributed by atoms with van der Waals surface area (Å²) in [4.78, 5) is 17.1. The van der Waals surface area contributed by atoms with Crippen LogP contribution in [0, 0.1) is 11.6 Å². The molecule has 2 aliphatic heterocycles. The Hall–Kier alpha value is -1.18. The van der Waals surface area contributed by atoms with Crippen LogP contribution in [0.25, 0.3) is 0 Å². The predicted octanol–water partition coefficient (Wildman–Crippen LogP) is 2.44. The van der Waals surface area contributed by atoms with E-state index in [-0.39, 0.29) is 11.9 Å². The molecule has 0 spiro atoms. The van der Waals surface area contributed by atoms with Gasteiger partial charge in [-0.1, -0.05) is 6.07 Å². The summed E-state index contributed by atoms with van der Waals surface area (Å²) in [7, 11) is 0. The highest BCUT2D eigenvalue weighted by molar-refractivity contribution is 7.80. The number of carbonyl (C=O) groups excluding carboxylic acids is 1. The number of carbonyl (C=O) groups is 1. The first kappa shape index (κ1) is 19.6. The number of thiol groups is 1. The average Bonchev–Trinajstić information content (AvgIpc) is 2.65. The van der Waals surface area contributed by atoms with Crippen molar-refractivity contribution in [1.82, 2.24) is 15.1 Å². The lowest BCUT2D eigenvalue weighted by molar-refractivity contribution is -0.136. The van der Waals surface area contributed by atoms with Gasteiger partial charge in [-0.25, -0.2) is 8.78 Å². The summed E-state index contributed by atoms with van der Waals surface area (Å²) in [5, 5.41) is 3.73. The van der Waals surface area contributed by atoms with E-state index >= 15 is 0 Å². The van der Waals surface area contributed by atoms with E-state index in [0.717, 1.165) is 57.9 Å². The Balaban J connectivity index is 1.69. The Morgan fingerprint density at radius 3 is 2.50 bits per heavy atom. The van der Waals surface area contributed by atoms with Gasteiger partial charge in [0.15, 0.2) is 11.6 Å². The Bertz CT molecular complexity index is 617. The maximum atomic E-state index is 13.6. The molecule has 0 aromatic heterocycles. The number of nitrogens with one attached hydrogen (secondary N) is 1. The van der Waals surface area contributed by atoms with Crippen molar-refractivity contribution in [3.05, 3.63) is 35.4 Å². The van der Waals surface area contributed by atoms with Crippen molar-refractivity contribution in [3.63, 3.8) is 0 Å². The molecule has 1 amide bonds. The maximum absolute atomic E-state index is 13.6. The van der Waals surface area contributed by atoms with Crippen LogP contribution < -0.4 is 5.32 Å². The van der Waals surface area contributed by atoms with Crippen molar-refractivity contribution in [3.8, 4) is 0 Å².